The zero-order chi connectivity index (χ0) is 34.5. The zero-order valence-corrected chi connectivity index (χ0v) is 27.7. The molecule has 1 aromatic carbocycles. The maximum absolute atomic E-state index is 13.1. The lowest BCUT2D eigenvalue weighted by Crippen LogP contribution is -2.57. The molecule has 2 heterocycles. The highest BCUT2D eigenvalue weighted by atomic mass is 32.1. The summed E-state index contributed by atoms with van der Waals surface area (Å²) in [4.78, 5) is 80.6. The molecule has 1 fully saturated rings. The van der Waals surface area contributed by atoms with Crippen molar-refractivity contribution in [3.05, 3.63) is 36.0 Å². The molecule has 1 aliphatic heterocycles. The second kappa shape index (κ2) is 18.5. The van der Waals surface area contributed by atoms with E-state index in [4.69, 9.17) is 11.5 Å². The highest BCUT2D eigenvalue weighted by Gasteiger charge is 2.36. The summed E-state index contributed by atoms with van der Waals surface area (Å²) in [6.45, 7) is 0.204. The summed E-state index contributed by atoms with van der Waals surface area (Å²) < 4.78 is 0. The number of para-hydroxylation sites is 1. The van der Waals surface area contributed by atoms with Gasteiger partial charge in [0.25, 0.3) is 0 Å². The third-order valence-corrected chi connectivity index (χ3v) is 8.66. The number of thiol groups is 2. The lowest BCUT2D eigenvalue weighted by molar-refractivity contribution is -0.143. The topological polar surface area (TPSA) is 242 Å². The maximum Gasteiger partial charge on any atom is 0.326 e. The van der Waals surface area contributed by atoms with Crippen LogP contribution < -0.4 is 32.7 Å². The van der Waals surface area contributed by atoms with E-state index in [9.17, 15) is 33.9 Å². The summed E-state index contributed by atoms with van der Waals surface area (Å²) in [5, 5.41) is 20.5. The Morgan fingerprint density at radius 3 is 2.32 bits per heavy atom. The van der Waals surface area contributed by atoms with E-state index in [0.717, 1.165) is 16.5 Å². The molecule has 2 aromatic rings. The van der Waals surface area contributed by atoms with Crippen LogP contribution in [-0.2, 0) is 35.2 Å². The highest BCUT2D eigenvalue weighted by molar-refractivity contribution is 7.80. The first kappa shape index (κ1) is 37.7. The van der Waals surface area contributed by atoms with Crippen LogP contribution in [0.2, 0.25) is 0 Å². The number of unbranched alkanes of at least 4 members (excludes halogenated alkanes) is 1. The van der Waals surface area contributed by atoms with E-state index in [1.54, 1.807) is 6.20 Å². The van der Waals surface area contributed by atoms with Crippen LogP contribution in [0, 0.1) is 0 Å². The number of nitrogens with two attached hydrogens (primary N) is 2. The Hall–Kier alpha value is -3.80. The zero-order valence-electron chi connectivity index (χ0n) is 25.9. The van der Waals surface area contributed by atoms with E-state index in [2.05, 4.69) is 51.5 Å². The average molecular weight is 693 g/mol. The second-order valence-electron chi connectivity index (χ2n) is 11.3. The van der Waals surface area contributed by atoms with E-state index in [0.29, 0.717) is 32.2 Å². The van der Waals surface area contributed by atoms with Gasteiger partial charge < -0.3 is 47.7 Å². The van der Waals surface area contributed by atoms with Crippen molar-refractivity contribution < 1.29 is 33.9 Å². The number of rotatable bonds is 18. The van der Waals surface area contributed by atoms with Gasteiger partial charge >= 0.3 is 5.97 Å². The fourth-order valence-corrected chi connectivity index (χ4v) is 5.83. The average Bonchev–Trinajstić information content (AvgIpc) is 3.72. The number of aromatic amines is 1. The smallest absolute Gasteiger partial charge is 0.326 e. The molecular formula is C30H44N8O7S2. The molecule has 17 heteroatoms. The summed E-state index contributed by atoms with van der Waals surface area (Å²) in [6.07, 6.45) is 4.14. The number of hydrogen-bond donors (Lipinski definition) is 10. The molecule has 15 nitrogen and oxygen atoms in total. The van der Waals surface area contributed by atoms with Gasteiger partial charge in [-0.05, 0) is 56.7 Å². The molecule has 3 rings (SSSR count). The third kappa shape index (κ3) is 10.6. The Morgan fingerprint density at radius 2 is 1.64 bits per heavy atom. The monoisotopic (exact) mass is 692 g/mol. The molecule has 5 amide bonds. The van der Waals surface area contributed by atoms with Gasteiger partial charge in [0.15, 0.2) is 0 Å². The van der Waals surface area contributed by atoms with Gasteiger partial charge in [0.05, 0.1) is 12.6 Å². The van der Waals surface area contributed by atoms with Crippen LogP contribution in [0.1, 0.15) is 37.7 Å². The van der Waals surface area contributed by atoms with Crippen LogP contribution in [0.5, 0.6) is 0 Å². The minimum Gasteiger partial charge on any atom is -0.480 e. The van der Waals surface area contributed by atoms with Crippen molar-refractivity contribution in [1.82, 2.24) is 31.2 Å². The lowest BCUT2D eigenvalue weighted by atomic mass is 10.0. The molecule has 47 heavy (non-hydrogen) atoms. The number of nitrogens with zero attached hydrogens (tertiary/aromatic N) is 1. The van der Waals surface area contributed by atoms with Crippen LogP contribution in [0.15, 0.2) is 30.5 Å². The Morgan fingerprint density at radius 1 is 0.957 bits per heavy atom. The number of carboxylic acid groups (broad SMARTS) is 1. The molecule has 0 spiro atoms. The van der Waals surface area contributed by atoms with Crippen LogP contribution in [0.3, 0.4) is 0 Å². The molecule has 1 aliphatic rings. The van der Waals surface area contributed by atoms with Crippen LogP contribution in [-0.4, -0.2) is 112 Å². The van der Waals surface area contributed by atoms with Crippen molar-refractivity contribution in [3.63, 3.8) is 0 Å². The Labute approximate surface area is 283 Å². The number of carbonyl (C=O) groups excluding carboxylic acids is 5. The minimum absolute atomic E-state index is 0.0523. The Bertz CT molecular complexity index is 1420. The number of aliphatic carboxylic acids is 1. The van der Waals surface area contributed by atoms with Crippen LogP contribution in [0.4, 0.5) is 0 Å². The Balaban J connectivity index is 1.50. The van der Waals surface area contributed by atoms with Crippen molar-refractivity contribution in [2.45, 2.75) is 68.7 Å². The first-order chi connectivity index (χ1) is 22.5. The fraction of sp³-hybridized carbons (Fsp3) is 0.533. The quantitative estimate of drug-likeness (QED) is 0.0657. The Kier molecular flexibility index (Phi) is 14.8. The summed E-state index contributed by atoms with van der Waals surface area (Å²) >= 11 is 8.31. The summed E-state index contributed by atoms with van der Waals surface area (Å²) in [7, 11) is 0. The van der Waals surface area contributed by atoms with E-state index in [1.807, 2.05) is 24.3 Å². The molecule has 0 radical (unpaired) electrons. The SMILES string of the molecule is NCCCCC(NC(=O)C(CS)NC(=O)C1CCCN1C(=O)CNC(=O)C(CS)NC(=O)C(N)Cc1c[nH]c2ccccc12)C(=O)O. The molecule has 5 atom stereocenters. The predicted octanol–water partition coefficient (Wildman–Crippen LogP) is -1.33. The number of aromatic nitrogens is 1. The van der Waals surface area contributed by atoms with Crippen LogP contribution in [0.25, 0.3) is 10.9 Å². The van der Waals surface area contributed by atoms with Gasteiger partial charge in [-0.1, -0.05) is 18.2 Å². The molecule has 1 saturated heterocycles. The number of hydrogen-bond acceptors (Lipinski definition) is 10. The van der Waals surface area contributed by atoms with Gasteiger partial charge in [-0.2, -0.15) is 25.3 Å². The lowest BCUT2D eigenvalue weighted by Gasteiger charge is -2.27. The normalized spacial score (nSPS) is 16.9. The number of amides is 5. The second-order valence-corrected chi connectivity index (χ2v) is 12.0. The number of carbonyl (C=O) groups is 6. The van der Waals surface area contributed by atoms with Crippen molar-refractivity contribution in [2.24, 2.45) is 11.5 Å². The standard InChI is InChI=1S/C30H44N8O7S2/c31-10-4-3-8-21(30(44)45)35-28(42)23(16-47)37-29(43)24-9-5-11-38(24)25(39)14-34-27(41)22(15-46)36-26(40)19(32)12-17-13-33-20-7-2-1-6-18(17)20/h1-2,6-7,13,19,21-24,33,46-47H,3-5,8-12,14-16,31-32H2,(H,34,41)(H,35,42)(H,36,40)(H,37,43)(H,44,45). The number of H-pyrrole nitrogens is 1. The van der Waals surface area contributed by atoms with E-state index < -0.39 is 72.3 Å². The molecular weight excluding hydrogens is 649 g/mol. The molecule has 258 valence electrons. The predicted molar refractivity (Wildman–Crippen MR) is 182 cm³/mol. The number of nitrogens with one attached hydrogen (secondary N) is 5. The van der Waals surface area contributed by atoms with E-state index in [1.165, 1.54) is 4.90 Å². The van der Waals surface area contributed by atoms with Gasteiger partial charge in [0, 0.05) is 35.2 Å². The third-order valence-electron chi connectivity index (χ3n) is 7.93. The van der Waals surface area contributed by atoms with Crippen molar-refractivity contribution >= 4 is 71.7 Å². The number of likely N-dealkylation sites (tertiary alicyclic amines) is 1. The van der Waals surface area contributed by atoms with Gasteiger partial charge in [-0.15, -0.1) is 0 Å². The van der Waals surface area contributed by atoms with Crippen molar-refractivity contribution in [2.75, 3.05) is 31.1 Å². The van der Waals surface area contributed by atoms with Gasteiger partial charge in [0.2, 0.25) is 29.5 Å². The van der Waals surface area contributed by atoms with E-state index >= 15 is 0 Å². The van der Waals surface area contributed by atoms with E-state index in [-0.39, 0.29) is 30.9 Å². The molecule has 5 unspecified atom stereocenters. The molecule has 0 saturated carbocycles. The molecule has 10 N–H and O–H groups in total. The van der Waals surface area contributed by atoms with Gasteiger partial charge in [0.1, 0.15) is 24.2 Å². The fourth-order valence-electron chi connectivity index (χ4n) is 5.31. The first-order valence-electron chi connectivity index (χ1n) is 15.4. The summed E-state index contributed by atoms with van der Waals surface area (Å²) in [5.41, 5.74) is 13.4. The van der Waals surface area contributed by atoms with Crippen LogP contribution >= 0.6 is 25.3 Å². The highest BCUT2D eigenvalue weighted by Crippen LogP contribution is 2.19. The minimum atomic E-state index is -1.21. The number of fused-ring (bicyclic) bond motifs is 1. The number of benzene rings is 1. The summed E-state index contributed by atoms with van der Waals surface area (Å²) in [5.74, 6) is -4.41. The molecule has 0 bridgehead atoms. The molecule has 1 aromatic heterocycles. The van der Waals surface area contributed by atoms with Crippen molar-refractivity contribution in [1.29, 1.82) is 0 Å². The van der Waals surface area contributed by atoms with Gasteiger partial charge in [-0.25, -0.2) is 4.79 Å². The largest absolute Gasteiger partial charge is 0.480 e. The van der Waals surface area contributed by atoms with Crippen molar-refractivity contribution in [3.8, 4) is 0 Å². The number of carboxylic acids is 1. The maximum atomic E-state index is 13.1. The molecule has 0 aliphatic carbocycles. The first-order valence-corrected chi connectivity index (χ1v) is 16.7. The summed E-state index contributed by atoms with van der Waals surface area (Å²) in [6, 6.07) is 2.40. The van der Waals surface area contributed by atoms with Gasteiger partial charge in [-0.3, -0.25) is 24.0 Å².